The number of carbonyl (C=O) groups excluding carboxylic acids is 2. The van der Waals surface area contributed by atoms with Crippen molar-refractivity contribution in [1.29, 1.82) is 0 Å². The number of carbonyl (C=O) groups is 2. The number of methoxy groups -OCH3 is 1. The van der Waals surface area contributed by atoms with E-state index in [-0.39, 0.29) is 11.9 Å². The molecule has 2 heterocycles. The molecule has 180 valence electrons. The van der Waals surface area contributed by atoms with Crippen LogP contribution in [-0.2, 0) is 4.79 Å². The molecule has 5 rings (SSSR count). The third-order valence-corrected chi connectivity index (χ3v) is 6.24. The van der Waals surface area contributed by atoms with Gasteiger partial charge in [0, 0.05) is 33.9 Å². The Balaban J connectivity index is 1.36. The summed E-state index contributed by atoms with van der Waals surface area (Å²) in [5, 5.41) is 8.50. The van der Waals surface area contributed by atoms with E-state index < -0.39 is 0 Å². The van der Waals surface area contributed by atoms with Crippen LogP contribution in [0.1, 0.15) is 22.5 Å². The van der Waals surface area contributed by atoms with Crippen LogP contribution in [0.5, 0.6) is 5.75 Å². The maximum atomic E-state index is 12.8. The zero-order chi connectivity index (χ0) is 25.2. The first kappa shape index (κ1) is 23.0. The van der Waals surface area contributed by atoms with Crippen LogP contribution in [0.15, 0.2) is 72.8 Å². The maximum absolute atomic E-state index is 12.8. The number of rotatable bonds is 5. The van der Waals surface area contributed by atoms with Crippen LogP contribution in [-0.4, -0.2) is 24.0 Å². The van der Waals surface area contributed by atoms with Crippen LogP contribution in [0.4, 0.5) is 21.9 Å². The number of H-pyrrole nitrogens is 1. The first-order valence-corrected chi connectivity index (χ1v) is 11.6. The van der Waals surface area contributed by atoms with Gasteiger partial charge in [-0.05, 0) is 67.4 Å². The lowest BCUT2D eigenvalue weighted by Gasteiger charge is -2.09. The number of urea groups is 1. The van der Waals surface area contributed by atoms with Gasteiger partial charge in [-0.1, -0.05) is 36.4 Å². The summed E-state index contributed by atoms with van der Waals surface area (Å²) in [7, 11) is 1.59. The summed E-state index contributed by atoms with van der Waals surface area (Å²) in [6, 6.07) is 22.2. The minimum atomic E-state index is -0.383. The molecule has 0 fully saturated rings. The fourth-order valence-corrected chi connectivity index (χ4v) is 4.48. The molecule has 7 nitrogen and oxygen atoms in total. The SMILES string of the molecule is COc1ccc(NC(=O)Nc2ccc3c(c2)NC(=O)/C3=C\c2[nH]c(C)c(-c3ccccc3)c2C)cc1. The highest BCUT2D eigenvalue weighted by Crippen LogP contribution is 2.37. The van der Waals surface area contributed by atoms with Crippen molar-refractivity contribution in [3.8, 4) is 16.9 Å². The summed E-state index contributed by atoms with van der Waals surface area (Å²) < 4.78 is 5.13. The Morgan fingerprint density at radius 2 is 1.61 bits per heavy atom. The van der Waals surface area contributed by atoms with E-state index in [0.29, 0.717) is 28.4 Å². The van der Waals surface area contributed by atoms with Gasteiger partial charge in [-0.3, -0.25) is 4.79 Å². The number of aromatic amines is 1. The number of hydrogen-bond acceptors (Lipinski definition) is 3. The maximum Gasteiger partial charge on any atom is 0.323 e. The predicted octanol–water partition coefficient (Wildman–Crippen LogP) is 6.44. The van der Waals surface area contributed by atoms with Crippen LogP contribution >= 0.6 is 0 Å². The molecule has 3 amide bonds. The molecule has 1 aliphatic heterocycles. The van der Waals surface area contributed by atoms with Crippen molar-refractivity contribution < 1.29 is 14.3 Å². The molecule has 4 N–H and O–H groups in total. The van der Waals surface area contributed by atoms with Crippen molar-refractivity contribution >= 4 is 40.6 Å². The van der Waals surface area contributed by atoms with Gasteiger partial charge in [0.1, 0.15) is 5.75 Å². The average Bonchev–Trinajstić information content (AvgIpc) is 3.34. The summed E-state index contributed by atoms with van der Waals surface area (Å²) in [5.74, 6) is 0.526. The van der Waals surface area contributed by atoms with E-state index in [1.54, 1.807) is 43.5 Å². The normalized spacial score (nSPS) is 13.3. The van der Waals surface area contributed by atoms with Crippen molar-refractivity contribution in [3.63, 3.8) is 0 Å². The molecule has 0 saturated carbocycles. The van der Waals surface area contributed by atoms with Crippen LogP contribution in [0.2, 0.25) is 0 Å². The van der Waals surface area contributed by atoms with Gasteiger partial charge in [0.2, 0.25) is 0 Å². The Hall–Kier alpha value is -4.78. The number of aromatic nitrogens is 1. The van der Waals surface area contributed by atoms with E-state index in [0.717, 1.165) is 33.6 Å². The Kier molecular flexibility index (Phi) is 6.04. The van der Waals surface area contributed by atoms with Crippen LogP contribution < -0.4 is 20.7 Å². The third kappa shape index (κ3) is 4.46. The van der Waals surface area contributed by atoms with Crippen molar-refractivity contribution in [1.82, 2.24) is 4.98 Å². The summed E-state index contributed by atoms with van der Waals surface area (Å²) in [4.78, 5) is 28.7. The molecular weight excluding hydrogens is 452 g/mol. The van der Waals surface area contributed by atoms with Gasteiger partial charge in [-0.2, -0.15) is 0 Å². The standard InChI is InChI=1S/C29H26N4O3/c1-17-25(30-18(2)27(17)19-7-5-4-6-8-19)16-24-23-14-11-21(15-26(23)33-28(24)34)32-29(35)31-20-9-12-22(36-3)13-10-20/h4-16,30H,1-3H3,(H,33,34)(H2,31,32,35)/b24-16-. The van der Waals surface area contributed by atoms with Gasteiger partial charge in [0.05, 0.1) is 18.4 Å². The lowest BCUT2D eigenvalue weighted by Crippen LogP contribution is -2.19. The number of hydrogen-bond donors (Lipinski definition) is 4. The molecular formula is C29H26N4O3. The largest absolute Gasteiger partial charge is 0.497 e. The predicted molar refractivity (Wildman–Crippen MR) is 144 cm³/mol. The minimum Gasteiger partial charge on any atom is -0.497 e. The van der Waals surface area contributed by atoms with Gasteiger partial charge in [0.25, 0.3) is 5.91 Å². The molecule has 36 heavy (non-hydrogen) atoms. The Labute approximate surface area is 209 Å². The van der Waals surface area contributed by atoms with Crippen molar-refractivity contribution in [2.75, 3.05) is 23.1 Å². The molecule has 0 aliphatic carbocycles. The van der Waals surface area contributed by atoms with E-state index >= 15 is 0 Å². The second-order valence-corrected chi connectivity index (χ2v) is 8.61. The molecule has 1 aromatic heterocycles. The lowest BCUT2D eigenvalue weighted by atomic mass is 10.00. The summed E-state index contributed by atoms with van der Waals surface area (Å²) in [6.07, 6.45) is 1.89. The van der Waals surface area contributed by atoms with E-state index in [2.05, 4.69) is 40.0 Å². The number of fused-ring (bicyclic) bond motifs is 1. The van der Waals surface area contributed by atoms with Crippen LogP contribution in [0, 0.1) is 13.8 Å². The van der Waals surface area contributed by atoms with Crippen molar-refractivity contribution in [2.45, 2.75) is 13.8 Å². The second kappa shape index (κ2) is 9.46. The van der Waals surface area contributed by atoms with Gasteiger partial charge in [-0.15, -0.1) is 0 Å². The van der Waals surface area contributed by atoms with Crippen molar-refractivity contribution in [3.05, 3.63) is 95.3 Å². The molecule has 7 heteroatoms. The average molecular weight is 479 g/mol. The molecule has 0 spiro atoms. The van der Waals surface area contributed by atoms with E-state index in [4.69, 9.17) is 4.74 Å². The molecule has 0 saturated heterocycles. The zero-order valence-corrected chi connectivity index (χ0v) is 20.2. The van der Waals surface area contributed by atoms with Gasteiger partial charge in [0.15, 0.2) is 0 Å². The molecule has 3 aromatic carbocycles. The summed E-state index contributed by atoms with van der Waals surface area (Å²) in [5.41, 5.74) is 8.52. The molecule has 0 radical (unpaired) electrons. The van der Waals surface area contributed by atoms with Crippen molar-refractivity contribution in [2.24, 2.45) is 0 Å². The number of ether oxygens (including phenoxy) is 1. The highest BCUT2D eigenvalue weighted by Gasteiger charge is 2.25. The number of anilines is 3. The second-order valence-electron chi connectivity index (χ2n) is 8.61. The Bertz CT molecular complexity index is 1490. The molecule has 0 unspecified atom stereocenters. The molecule has 0 bridgehead atoms. The van der Waals surface area contributed by atoms with Crippen LogP contribution in [0.3, 0.4) is 0 Å². The smallest absolute Gasteiger partial charge is 0.323 e. The summed E-state index contributed by atoms with van der Waals surface area (Å²) >= 11 is 0. The molecule has 0 atom stereocenters. The first-order valence-electron chi connectivity index (χ1n) is 11.6. The Morgan fingerprint density at radius 1 is 0.917 bits per heavy atom. The van der Waals surface area contributed by atoms with Crippen LogP contribution in [0.25, 0.3) is 22.8 Å². The quantitative estimate of drug-likeness (QED) is 0.249. The summed E-state index contributed by atoms with van der Waals surface area (Å²) in [6.45, 7) is 4.09. The third-order valence-electron chi connectivity index (χ3n) is 6.24. The number of benzene rings is 3. The van der Waals surface area contributed by atoms with E-state index in [1.807, 2.05) is 37.3 Å². The number of nitrogens with one attached hydrogen (secondary N) is 4. The van der Waals surface area contributed by atoms with E-state index in [9.17, 15) is 9.59 Å². The first-order chi connectivity index (χ1) is 17.4. The lowest BCUT2D eigenvalue weighted by molar-refractivity contribution is -0.110. The van der Waals surface area contributed by atoms with Gasteiger partial charge in [-0.25, -0.2) is 4.79 Å². The molecule has 4 aromatic rings. The zero-order valence-electron chi connectivity index (χ0n) is 20.2. The monoisotopic (exact) mass is 478 g/mol. The van der Waals surface area contributed by atoms with Gasteiger partial charge < -0.3 is 25.7 Å². The highest BCUT2D eigenvalue weighted by molar-refractivity contribution is 6.35. The van der Waals surface area contributed by atoms with E-state index in [1.165, 1.54) is 0 Å². The molecule has 1 aliphatic rings. The number of aryl methyl sites for hydroxylation is 1. The fourth-order valence-electron chi connectivity index (χ4n) is 4.48. The topological polar surface area (TPSA) is 95.2 Å². The fraction of sp³-hybridized carbons (Fsp3) is 0.103. The number of amides is 3. The highest BCUT2D eigenvalue weighted by atomic mass is 16.5. The Morgan fingerprint density at radius 3 is 2.33 bits per heavy atom. The minimum absolute atomic E-state index is 0.183. The van der Waals surface area contributed by atoms with Gasteiger partial charge >= 0.3 is 6.03 Å².